The summed E-state index contributed by atoms with van der Waals surface area (Å²) in [5, 5.41) is 11.8. The Hall–Kier alpha value is -1.08. The average molecular weight is 197 g/mol. The number of hydrogen-bond donors (Lipinski definition) is 2. The van der Waals surface area contributed by atoms with Crippen molar-refractivity contribution in [2.24, 2.45) is 11.1 Å². The largest absolute Gasteiger partial charge is 0.370 e. The van der Waals surface area contributed by atoms with Crippen LogP contribution in [0.1, 0.15) is 33.1 Å². The molecule has 14 heavy (non-hydrogen) atoms. The smallest absolute Gasteiger partial charge is 0.218 e. The average Bonchev–Trinajstić information content (AvgIpc) is 2.10. The first-order valence-corrected chi connectivity index (χ1v) is 4.88. The van der Waals surface area contributed by atoms with E-state index in [4.69, 9.17) is 11.0 Å². The SMILES string of the molecule is CC(C)(C#N)CCCNCCC(N)=O. The van der Waals surface area contributed by atoms with Crippen molar-refractivity contribution >= 4 is 5.91 Å². The van der Waals surface area contributed by atoms with E-state index >= 15 is 0 Å². The summed E-state index contributed by atoms with van der Waals surface area (Å²) in [7, 11) is 0. The summed E-state index contributed by atoms with van der Waals surface area (Å²) in [6.45, 7) is 5.31. The highest BCUT2D eigenvalue weighted by Gasteiger charge is 2.15. The molecule has 0 unspecified atom stereocenters. The van der Waals surface area contributed by atoms with E-state index in [0.29, 0.717) is 13.0 Å². The highest BCUT2D eigenvalue weighted by atomic mass is 16.1. The Labute approximate surface area is 85.5 Å². The van der Waals surface area contributed by atoms with Crippen molar-refractivity contribution in [3.8, 4) is 6.07 Å². The van der Waals surface area contributed by atoms with Crippen molar-refractivity contribution in [1.82, 2.24) is 5.32 Å². The maximum Gasteiger partial charge on any atom is 0.218 e. The van der Waals surface area contributed by atoms with E-state index in [1.807, 2.05) is 13.8 Å². The van der Waals surface area contributed by atoms with Gasteiger partial charge < -0.3 is 11.1 Å². The predicted octanol–water partition coefficient (Wildman–Crippen LogP) is 0.781. The van der Waals surface area contributed by atoms with Gasteiger partial charge in [-0.15, -0.1) is 0 Å². The minimum atomic E-state index is -0.283. The normalized spacial score (nSPS) is 10.9. The molecule has 80 valence electrons. The van der Waals surface area contributed by atoms with Crippen LogP contribution in [0.3, 0.4) is 0 Å². The van der Waals surface area contributed by atoms with Crippen LogP contribution in [0.15, 0.2) is 0 Å². The third kappa shape index (κ3) is 7.56. The van der Waals surface area contributed by atoms with Gasteiger partial charge in [-0.2, -0.15) is 5.26 Å². The van der Waals surface area contributed by atoms with Crippen LogP contribution >= 0.6 is 0 Å². The Balaban J connectivity index is 3.31. The van der Waals surface area contributed by atoms with Gasteiger partial charge in [-0.25, -0.2) is 0 Å². The lowest BCUT2D eigenvalue weighted by molar-refractivity contribution is -0.117. The van der Waals surface area contributed by atoms with Gasteiger partial charge in [0, 0.05) is 13.0 Å². The maximum atomic E-state index is 10.4. The Morgan fingerprint density at radius 2 is 2.14 bits per heavy atom. The molecule has 0 aromatic rings. The minimum Gasteiger partial charge on any atom is -0.370 e. The molecule has 0 aromatic heterocycles. The van der Waals surface area contributed by atoms with Crippen LogP contribution < -0.4 is 11.1 Å². The van der Waals surface area contributed by atoms with Crippen LogP contribution in [0.4, 0.5) is 0 Å². The molecule has 0 rings (SSSR count). The van der Waals surface area contributed by atoms with Gasteiger partial charge in [0.15, 0.2) is 0 Å². The first-order valence-electron chi connectivity index (χ1n) is 4.88. The summed E-state index contributed by atoms with van der Waals surface area (Å²) in [5.41, 5.74) is 4.73. The number of nitrogens with two attached hydrogens (primary N) is 1. The fraction of sp³-hybridized carbons (Fsp3) is 0.800. The molecule has 0 bridgehead atoms. The lowest BCUT2D eigenvalue weighted by atomic mass is 9.90. The van der Waals surface area contributed by atoms with Crippen LogP contribution in [0.5, 0.6) is 0 Å². The zero-order valence-corrected chi connectivity index (χ0v) is 8.97. The van der Waals surface area contributed by atoms with Gasteiger partial charge >= 0.3 is 0 Å². The fourth-order valence-electron chi connectivity index (χ4n) is 1.05. The Morgan fingerprint density at radius 3 is 2.64 bits per heavy atom. The quantitative estimate of drug-likeness (QED) is 0.592. The van der Waals surface area contributed by atoms with Crippen LogP contribution in [-0.2, 0) is 4.79 Å². The second-order valence-corrected chi connectivity index (χ2v) is 4.07. The molecule has 0 aliphatic rings. The van der Waals surface area contributed by atoms with Gasteiger partial charge in [-0.1, -0.05) is 0 Å². The lowest BCUT2D eigenvalue weighted by Crippen LogP contribution is -2.23. The highest BCUT2D eigenvalue weighted by Crippen LogP contribution is 2.19. The minimum absolute atomic E-state index is 0.245. The summed E-state index contributed by atoms with van der Waals surface area (Å²) in [6.07, 6.45) is 2.19. The number of nitrogens with zero attached hydrogens (tertiary/aromatic N) is 1. The van der Waals surface area contributed by atoms with Gasteiger partial charge in [0.1, 0.15) is 0 Å². The highest BCUT2D eigenvalue weighted by molar-refractivity contribution is 5.73. The van der Waals surface area contributed by atoms with Gasteiger partial charge in [0.25, 0.3) is 0 Å². The lowest BCUT2D eigenvalue weighted by Gasteiger charge is -2.14. The van der Waals surface area contributed by atoms with E-state index in [1.165, 1.54) is 0 Å². The molecule has 3 N–H and O–H groups in total. The molecule has 4 nitrogen and oxygen atoms in total. The Bertz CT molecular complexity index is 218. The first kappa shape index (κ1) is 12.9. The zero-order valence-electron chi connectivity index (χ0n) is 8.97. The molecule has 1 amide bonds. The second-order valence-electron chi connectivity index (χ2n) is 4.07. The molecule has 0 aliphatic carbocycles. The third-order valence-corrected chi connectivity index (χ3v) is 2.01. The number of carbonyl (C=O) groups is 1. The van der Waals surface area contributed by atoms with Gasteiger partial charge in [0.05, 0.1) is 11.5 Å². The van der Waals surface area contributed by atoms with E-state index in [1.54, 1.807) is 0 Å². The predicted molar refractivity (Wildman–Crippen MR) is 55.3 cm³/mol. The summed E-state index contributed by atoms with van der Waals surface area (Å²) in [6, 6.07) is 2.25. The monoisotopic (exact) mass is 197 g/mol. The first-order chi connectivity index (χ1) is 6.48. The topological polar surface area (TPSA) is 78.9 Å². The van der Waals surface area contributed by atoms with E-state index in [-0.39, 0.29) is 11.3 Å². The van der Waals surface area contributed by atoms with E-state index in [9.17, 15) is 4.79 Å². The van der Waals surface area contributed by atoms with Crippen molar-refractivity contribution in [2.75, 3.05) is 13.1 Å². The van der Waals surface area contributed by atoms with Crippen molar-refractivity contribution in [3.63, 3.8) is 0 Å². The Morgan fingerprint density at radius 1 is 1.50 bits per heavy atom. The van der Waals surface area contributed by atoms with Crippen molar-refractivity contribution in [1.29, 1.82) is 5.26 Å². The Kier molecular flexibility index (Phi) is 5.89. The second kappa shape index (κ2) is 6.39. The molecule has 0 aliphatic heterocycles. The van der Waals surface area contributed by atoms with Crippen molar-refractivity contribution < 1.29 is 4.79 Å². The van der Waals surface area contributed by atoms with Crippen molar-refractivity contribution in [3.05, 3.63) is 0 Å². The van der Waals surface area contributed by atoms with E-state index < -0.39 is 0 Å². The molecule has 0 fully saturated rings. The third-order valence-electron chi connectivity index (χ3n) is 2.01. The number of carbonyl (C=O) groups excluding carboxylic acids is 1. The van der Waals surface area contributed by atoms with Crippen molar-refractivity contribution in [2.45, 2.75) is 33.1 Å². The molecule has 0 spiro atoms. The van der Waals surface area contributed by atoms with E-state index in [0.717, 1.165) is 19.4 Å². The summed E-state index contributed by atoms with van der Waals surface area (Å²) in [5.74, 6) is -0.283. The number of nitriles is 1. The molecule has 4 heteroatoms. The van der Waals surface area contributed by atoms with Gasteiger partial charge in [0.2, 0.25) is 5.91 Å². The van der Waals surface area contributed by atoms with Gasteiger partial charge in [-0.3, -0.25) is 4.79 Å². The zero-order chi connectivity index (χ0) is 11.0. The molecule has 0 aromatic carbocycles. The van der Waals surface area contributed by atoms with E-state index in [2.05, 4.69) is 11.4 Å². The number of amides is 1. The number of primary amides is 1. The molecule has 0 heterocycles. The van der Waals surface area contributed by atoms with Crippen LogP contribution in [0.2, 0.25) is 0 Å². The van der Waals surface area contributed by atoms with Crippen LogP contribution in [-0.4, -0.2) is 19.0 Å². The summed E-state index contributed by atoms with van der Waals surface area (Å²) < 4.78 is 0. The maximum absolute atomic E-state index is 10.4. The van der Waals surface area contributed by atoms with Crippen LogP contribution in [0.25, 0.3) is 0 Å². The molecule has 0 saturated heterocycles. The molecule has 0 radical (unpaired) electrons. The fourth-order valence-corrected chi connectivity index (χ4v) is 1.05. The molecule has 0 atom stereocenters. The number of rotatable bonds is 7. The van der Waals surface area contributed by atoms with Crippen LogP contribution in [0, 0.1) is 16.7 Å². The number of nitrogens with one attached hydrogen (secondary N) is 1. The molecular weight excluding hydrogens is 178 g/mol. The standard InChI is InChI=1S/C10H19N3O/c1-10(2,8-11)5-3-6-13-7-4-9(12)14/h13H,3-7H2,1-2H3,(H2,12,14). The summed E-state index contributed by atoms with van der Waals surface area (Å²) >= 11 is 0. The molecular formula is C10H19N3O. The number of hydrogen-bond acceptors (Lipinski definition) is 3. The summed E-state index contributed by atoms with van der Waals surface area (Å²) in [4.78, 5) is 10.4. The molecule has 0 saturated carbocycles. The van der Waals surface area contributed by atoms with Gasteiger partial charge in [-0.05, 0) is 33.2 Å².